The van der Waals surface area contributed by atoms with Gasteiger partial charge in [0.05, 0.1) is 7.11 Å². The van der Waals surface area contributed by atoms with Crippen molar-refractivity contribution in [2.75, 3.05) is 64.4 Å². The highest BCUT2D eigenvalue weighted by molar-refractivity contribution is 5.88. The molecule has 1 aromatic carbocycles. The number of nitrogens with zero attached hydrogens (tertiary/aromatic N) is 4. The Labute approximate surface area is 192 Å². The lowest BCUT2D eigenvalue weighted by atomic mass is 9.95. The van der Waals surface area contributed by atoms with E-state index in [0.717, 1.165) is 77.4 Å². The van der Waals surface area contributed by atoms with Crippen molar-refractivity contribution in [2.45, 2.75) is 45.1 Å². The molecule has 0 aromatic heterocycles. The summed E-state index contributed by atoms with van der Waals surface area (Å²) in [4.78, 5) is 33.7. The van der Waals surface area contributed by atoms with Crippen LogP contribution in [0.5, 0.6) is 5.75 Å². The van der Waals surface area contributed by atoms with E-state index in [-0.39, 0.29) is 17.9 Å². The number of carbonyl (C=O) groups is 2. The maximum atomic E-state index is 12.9. The van der Waals surface area contributed by atoms with E-state index in [0.29, 0.717) is 12.3 Å². The lowest BCUT2D eigenvalue weighted by Crippen LogP contribution is -2.50. The van der Waals surface area contributed by atoms with Crippen LogP contribution in [0.4, 0.5) is 5.69 Å². The second-order valence-electron chi connectivity index (χ2n) is 9.47. The Hall–Kier alpha value is -2.28. The van der Waals surface area contributed by atoms with Gasteiger partial charge in [0.15, 0.2) is 0 Å². The van der Waals surface area contributed by atoms with E-state index in [1.807, 2.05) is 24.0 Å². The summed E-state index contributed by atoms with van der Waals surface area (Å²) in [6, 6.07) is 8.06. The number of rotatable bonds is 6. The van der Waals surface area contributed by atoms with E-state index in [1.165, 1.54) is 12.1 Å². The van der Waals surface area contributed by atoms with Crippen LogP contribution in [0, 0.1) is 5.92 Å². The molecule has 3 saturated heterocycles. The number of likely N-dealkylation sites (tertiary alicyclic amines) is 2. The minimum atomic E-state index is -0.309. The number of ether oxygens (including phenoxy) is 1. The second-order valence-corrected chi connectivity index (χ2v) is 9.47. The number of benzene rings is 1. The van der Waals surface area contributed by atoms with Gasteiger partial charge in [0.25, 0.3) is 0 Å². The molecule has 1 unspecified atom stereocenters. The molecular formula is C25H38N4O3. The Morgan fingerprint density at radius 1 is 1.00 bits per heavy atom. The first-order valence-corrected chi connectivity index (χ1v) is 12.2. The molecule has 3 heterocycles. The minimum Gasteiger partial charge on any atom is -0.497 e. The molecule has 0 radical (unpaired) electrons. The van der Waals surface area contributed by atoms with Crippen LogP contribution in [-0.4, -0.2) is 92.0 Å². The molecule has 32 heavy (non-hydrogen) atoms. The van der Waals surface area contributed by atoms with Gasteiger partial charge in [-0.1, -0.05) is 0 Å². The first-order valence-electron chi connectivity index (χ1n) is 12.2. The molecule has 0 saturated carbocycles. The van der Waals surface area contributed by atoms with Gasteiger partial charge in [-0.3, -0.25) is 9.59 Å². The molecule has 176 valence electrons. The molecule has 7 heteroatoms. The summed E-state index contributed by atoms with van der Waals surface area (Å²) < 4.78 is 5.28. The van der Waals surface area contributed by atoms with E-state index in [2.05, 4.69) is 21.9 Å². The topological polar surface area (TPSA) is 56.3 Å². The maximum Gasteiger partial charge on any atom is 0.245 e. The highest BCUT2D eigenvalue weighted by atomic mass is 16.5. The number of hydrogen-bond donors (Lipinski definition) is 0. The molecule has 1 atom stereocenters. The quantitative estimate of drug-likeness (QED) is 0.677. The van der Waals surface area contributed by atoms with Crippen LogP contribution in [0.3, 0.4) is 0 Å². The smallest absolute Gasteiger partial charge is 0.245 e. The van der Waals surface area contributed by atoms with Crippen molar-refractivity contribution in [3.05, 3.63) is 24.3 Å². The second kappa shape index (κ2) is 10.6. The highest BCUT2D eigenvalue weighted by Gasteiger charge is 2.33. The fourth-order valence-electron chi connectivity index (χ4n) is 5.38. The van der Waals surface area contributed by atoms with Gasteiger partial charge >= 0.3 is 0 Å². The van der Waals surface area contributed by atoms with Crippen LogP contribution in [0.1, 0.15) is 39.0 Å². The number of carbonyl (C=O) groups excluding carboxylic acids is 2. The minimum absolute atomic E-state index is 0.128. The van der Waals surface area contributed by atoms with Gasteiger partial charge in [-0.05, 0) is 69.3 Å². The van der Waals surface area contributed by atoms with E-state index < -0.39 is 0 Å². The highest BCUT2D eigenvalue weighted by Crippen LogP contribution is 2.24. The summed E-state index contributed by atoms with van der Waals surface area (Å²) >= 11 is 0. The Kier molecular flexibility index (Phi) is 7.55. The number of anilines is 1. The molecule has 3 aliphatic rings. The van der Waals surface area contributed by atoms with Gasteiger partial charge in [-0.2, -0.15) is 0 Å². The summed E-state index contributed by atoms with van der Waals surface area (Å²) in [5.41, 5.74) is 1.27. The van der Waals surface area contributed by atoms with Crippen LogP contribution >= 0.6 is 0 Å². The molecule has 0 bridgehead atoms. The summed E-state index contributed by atoms with van der Waals surface area (Å²) in [5, 5.41) is 0. The van der Waals surface area contributed by atoms with Crippen LogP contribution in [0.2, 0.25) is 0 Å². The predicted octanol–water partition coefficient (Wildman–Crippen LogP) is 2.46. The van der Waals surface area contributed by atoms with Crippen molar-refractivity contribution >= 4 is 17.5 Å². The molecule has 3 aliphatic heterocycles. The summed E-state index contributed by atoms with van der Waals surface area (Å²) in [7, 11) is 1.70. The SMILES string of the molecule is COc1ccc(N2CCCN(CC3CCN(C(=O)C(C)N4CCCC4=O)CC3)CC2)cc1. The fraction of sp³-hybridized carbons (Fsp3) is 0.680. The van der Waals surface area contributed by atoms with Crippen LogP contribution < -0.4 is 9.64 Å². The van der Waals surface area contributed by atoms with Crippen molar-refractivity contribution in [3.63, 3.8) is 0 Å². The van der Waals surface area contributed by atoms with Crippen molar-refractivity contribution in [1.29, 1.82) is 0 Å². The third-order valence-corrected chi connectivity index (χ3v) is 7.40. The fourth-order valence-corrected chi connectivity index (χ4v) is 5.38. The Balaban J connectivity index is 1.22. The Morgan fingerprint density at radius 2 is 1.75 bits per heavy atom. The normalized spacial score (nSPS) is 22.2. The summed E-state index contributed by atoms with van der Waals surface area (Å²) in [6.07, 6.45) is 4.76. The third kappa shape index (κ3) is 5.37. The molecule has 0 aliphatic carbocycles. The largest absolute Gasteiger partial charge is 0.497 e. The van der Waals surface area contributed by atoms with Gasteiger partial charge in [-0.15, -0.1) is 0 Å². The first-order chi connectivity index (χ1) is 15.5. The van der Waals surface area contributed by atoms with Crippen molar-refractivity contribution in [3.8, 4) is 5.75 Å². The summed E-state index contributed by atoms with van der Waals surface area (Å²) in [5.74, 6) is 1.81. The molecule has 1 aromatic rings. The number of methoxy groups -OCH3 is 1. The lowest BCUT2D eigenvalue weighted by Gasteiger charge is -2.37. The Bertz CT molecular complexity index is 776. The monoisotopic (exact) mass is 442 g/mol. The van der Waals surface area contributed by atoms with E-state index in [9.17, 15) is 9.59 Å². The zero-order chi connectivity index (χ0) is 22.5. The van der Waals surface area contributed by atoms with Crippen LogP contribution in [0.25, 0.3) is 0 Å². The summed E-state index contributed by atoms with van der Waals surface area (Å²) in [6.45, 7) is 9.74. The van der Waals surface area contributed by atoms with Crippen LogP contribution in [0.15, 0.2) is 24.3 Å². The standard InChI is InChI=1S/C25H38N4O3/c1-20(29-14-3-5-24(29)30)25(31)28-15-10-21(11-16-28)19-26-12-4-13-27(18-17-26)22-6-8-23(32-2)9-7-22/h6-9,20-21H,3-5,10-19H2,1-2H3. The third-order valence-electron chi connectivity index (χ3n) is 7.40. The first kappa shape index (κ1) is 22.9. The van der Waals surface area contributed by atoms with Crippen LogP contribution in [-0.2, 0) is 9.59 Å². The van der Waals surface area contributed by atoms with E-state index >= 15 is 0 Å². The molecular weight excluding hydrogens is 404 g/mol. The zero-order valence-electron chi connectivity index (χ0n) is 19.7. The van der Waals surface area contributed by atoms with Crippen molar-refractivity contribution in [2.24, 2.45) is 5.92 Å². The Morgan fingerprint density at radius 3 is 2.41 bits per heavy atom. The molecule has 4 rings (SSSR count). The number of hydrogen-bond acceptors (Lipinski definition) is 5. The van der Waals surface area contributed by atoms with Gasteiger partial charge in [0.2, 0.25) is 11.8 Å². The molecule has 7 nitrogen and oxygen atoms in total. The van der Waals surface area contributed by atoms with E-state index in [4.69, 9.17) is 4.74 Å². The predicted molar refractivity (Wildman–Crippen MR) is 126 cm³/mol. The molecule has 0 spiro atoms. The average molecular weight is 443 g/mol. The molecule has 0 N–H and O–H groups in total. The zero-order valence-corrected chi connectivity index (χ0v) is 19.7. The molecule has 2 amide bonds. The lowest BCUT2D eigenvalue weighted by molar-refractivity contribution is -0.143. The van der Waals surface area contributed by atoms with Gasteiger partial charge < -0.3 is 24.3 Å². The number of piperidine rings is 1. The van der Waals surface area contributed by atoms with Crippen molar-refractivity contribution < 1.29 is 14.3 Å². The van der Waals surface area contributed by atoms with Gasteiger partial charge in [0, 0.05) is 57.9 Å². The van der Waals surface area contributed by atoms with E-state index in [1.54, 1.807) is 12.0 Å². The van der Waals surface area contributed by atoms with Crippen molar-refractivity contribution in [1.82, 2.24) is 14.7 Å². The van der Waals surface area contributed by atoms with Gasteiger partial charge in [-0.25, -0.2) is 0 Å². The van der Waals surface area contributed by atoms with Gasteiger partial charge in [0.1, 0.15) is 11.8 Å². The average Bonchev–Trinajstić information content (AvgIpc) is 3.12. The molecule has 3 fully saturated rings. The maximum absolute atomic E-state index is 12.9. The number of amides is 2.